The van der Waals surface area contributed by atoms with Gasteiger partial charge in [0.15, 0.2) is 5.96 Å². The monoisotopic (exact) mass is 540 g/mol. The zero-order chi connectivity index (χ0) is 29.0. The van der Waals surface area contributed by atoms with Crippen molar-refractivity contribution in [3.8, 4) is 0 Å². The van der Waals surface area contributed by atoms with Gasteiger partial charge in [-0.05, 0) is 44.9 Å². The van der Waals surface area contributed by atoms with Crippen LogP contribution in [0, 0.1) is 11.8 Å². The Morgan fingerprint density at radius 2 is 1.79 bits per heavy atom. The number of rotatable bonds is 9. The molecule has 1 rings (SSSR count). The molecule has 1 heterocycles. The maximum Gasteiger partial charge on any atom is 0.245 e. The van der Waals surface area contributed by atoms with Crippen molar-refractivity contribution in [1.29, 1.82) is 0 Å². The Balaban J connectivity index is 3.36. The summed E-state index contributed by atoms with van der Waals surface area (Å²) in [6.07, 6.45) is 0.246. The molecule has 0 aromatic carbocycles. The maximum atomic E-state index is 13.5. The molecule has 218 valence electrons. The molecule has 1 aliphatic heterocycles. The highest BCUT2D eigenvalue weighted by atomic mass is 16.3. The van der Waals surface area contributed by atoms with Crippen molar-refractivity contribution in [2.24, 2.45) is 28.3 Å². The lowest BCUT2D eigenvalue weighted by molar-refractivity contribution is -0.136. The van der Waals surface area contributed by atoms with Crippen LogP contribution in [0.15, 0.2) is 4.99 Å². The standard InChI is InChI=1S/C25H48N8O5/c1-7-16-21(36)31-18(13-14(2)3)20(35)28-12-10-25(6,33-19(34)15(4)5)23(38)32-17(22(37)30-16)9-8-11-29-24(26)27/h14-18,22,30,37H,7-13H2,1-6H3,(H,28,35)(H,31,36)(H,32,38)(H,33,34)(H4,26,27,29)/t16-,17-,18+,22?,25+/m0/s1. The molecular formula is C25H48N8O5. The number of carbonyl (C=O) groups excluding carboxylic acids is 4. The maximum absolute atomic E-state index is 13.5. The molecule has 38 heavy (non-hydrogen) atoms. The predicted molar refractivity (Wildman–Crippen MR) is 145 cm³/mol. The van der Waals surface area contributed by atoms with E-state index in [1.807, 2.05) is 13.8 Å². The van der Waals surface area contributed by atoms with Crippen LogP contribution in [0.4, 0.5) is 0 Å². The van der Waals surface area contributed by atoms with Crippen molar-refractivity contribution >= 4 is 29.6 Å². The highest BCUT2D eigenvalue weighted by Gasteiger charge is 2.38. The fourth-order valence-electron chi connectivity index (χ4n) is 4.04. The molecule has 0 bridgehead atoms. The van der Waals surface area contributed by atoms with Crippen molar-refractivity contribution in [1.82, 2.24) is 26.6 Å². The highest BCUT2D eigenvalue weighted by Crippen LogP contribution is 2.15. The summed E-state index contributed by atoms with van der Waals surface area (Å²) in [5.74, 6) is -1.97. The lowest BCUT2D eigenvalue weighted by atomic mass is 9.93. The van der Waals surface area contributed by atoms with Crippen molar-refractivity contribution in [3.63, 3.8) is 0 Å². The van der Waals surface area contributed by atoms with E-state index in [0.717, 1.165) is 0 Å². The Morgan fingerprint density at radius 1 is 1.13 bits per heavy atom. The number of hydrogen-bond acceptors (Lipinski definition) is 7. The van der Waals surface area contributed by atoms with E-state index in [1.165, 1.54) is 0 Å². The molecule has 10 N–H and O–H groups in total. The van der Waals surface area contributed by atoms with Gasteiger partial charge in [-0.3, -0.25) is 29.5 Å². The Labute approximate surface area is 225 Å². The normalized spacial score (nSPS) is 27.7. The van der Waals surface area contributed by atoms with Crippen LogP contribution in [0.2, 0.25) is 0 Å². The van der Waals surface area contributed by atoms with E-state index in [4.69, 9.17) is 11.5 Å². The summed E-state index contributed by atoms with van der Waals surface area (Å²) in [7, 11) is 0. The van der Waals surface area contributed by atoms with Gasteiger partial charge in [-0.15, -0.1) is 0 Å². The van der Waals surface area contributed by atoms with Gasteiger partial charge in [0.05, 0.1) is 12.1 Å². The zero-order valence-corrected chi connectivity index (χ0v) is 23.6. The average Bonchev–Trinajstić information content (AvgIpc) is 2.82. The van der Waals surface area contributed by atoms with E-state index >= 15 is 0 Å². The van der Waals surface area contributed by atoms with Gasteiger partial charge in [0.2, 0.25) is 23.6 Å². The van der Waals surface area contributed by atoms with E-state index < -0.39 is 41.7 Å². The summed E-state index contributed by atoms with van der Waals surface area (Å²) in [5.41, 5.74) is 9.41. The summed E-state index contributed by atoms with van der Waals surface area (Å²) in [6, 6.07) is -2.43. The minimum atomic E-state index is -1.38. The lowest BCUT2D eigenvalue weighted by Gasteiger charge is -2.35. The molecule has 0 aromatic heterocycles. The van der Waals surface area contributed by atoms with Crippen LogP contribution >= 0.6 is 0 Å². The summed E-state index contributed by atoms with van der Waals surface area (Å²) in [5, 5.41) is 25.2. The molecule has 0 spiro atoms. The van der Waals surface area contributed by atoms with Crippen LogP contribution in [0.3, 0.4) is 0 Å². The number of nitrogens with two attached hydrogens (primary N) is 2. The lowest BCUT2D eigenvalue weighted by Crippen LogP contribution is -2.64. The third kappa shape index (κ3) is 10.8. The first-order valence-electron chi connectivity index (χ1n) is 13.4. The SMILES string of the molecule is CC[C@@H]1NC(O)[C@H](CCCN=C(N)N)NC(=O)[C@](C)(NC(=O)C(C)C)CCNC(=O)[C@@H](CC(C)C)NC1=O. The third-order valence-corrected chi connectivity index (χ3v) is 6.45. The van der Waals surface area contributed by atoms with Crippen molar-refractivity contribution in [3.05, 3.63) is 0 Å². The van der Waals surface area contributed by atoms with Gasteiger partial charge in [-0.25, -0.2) is 0 Å². The smallest absolute Gasteiger partial charge is 0.245 e. The number of carbonyl (C=O) groups is 4. The molecule has 1 fully saturated rings. The van der Waals surface area contributed by atoms with Crippen LogP contribution in [0.25, 0.3) is 0 Å². The molecule has 13 heteroatoms. The number of hydrogen-bond donors (Lipinski definition) is 8. The number of aliphatic hydroxyl groups excluding tert-OH is 1. The van der Waals surface area contributed by atoms with Crippen molar-refractivity contribution < 1.29 is 24.3 Å². The molecular weight excluding hydrogens is 492 g/mol. The molecule has 0 radical (unpaired) electrons. The predicted octanol–water partition coefficient (Wildman–Crippen LogP) is -1.21. The van der Waals surface area contributed by atoms with E-state index in [0.29, 0.717) is 19.3 Å². The van der Waals surface area contributed by atoms with E-state index in [2.05, 4.69) is 31.6 Å². The van der Waals surface area contributed by atoms with Crippen LogP contribution in [-0.4, -0.2) is 77.7 Å². The van der Waals surface area contributed by atoms with Gasteiger partial charge in [0.1, 0.15) is 17.8 Å². The van der Waals surface area contributed by atoms with Gasteiger partial charge < -0.3 is 37.8 Å². The minimum absolute atomic E-state index is 0.0663. The summed E-state index contributed by atoms with van der Waals surface area (Å²) in [4.78, 5) is 56.1. The third-order valence-electron chi connectivity index (χ3n) is 6.45. The van der Waals surface area contributed by atoms with Gasteiger partial charge in [-0.1, -0.05) is 34.6 Å². The Morgan fingerprint density at radius 3 is 2.34 bits per heavy atom. The molecule has 0 aliphatic carbocycles. The fraction of sp³-hybridized carbons (Fsp3) is 0.800. The largest absolute Gasteiger partial charge is 0.376 e. The van der Waals surface area contributed by atoms with Crippen molar-refractivity contribution in [2.45, 2.75) is 104 Å². The first-order valence-corrected chi connectivity index (χ1v) is 13.4. The Bertz CT molecular complexity index is 846. The highest BCUT2D eigenvalue weighted by molar-refractivity contribution is 5.92. The van der Waals surface area contributed by atoms with E-state index in [9.17, 15) is 24.3 Å². The quantitative estimate of drug-likeness (QED) is 0.101. The molecule has 0 saturated carbocycles. The van der Waals surface area contributed by atoms with Gasteiger partial charge in [0.25, 0.3) is 0 Å². The van der Waals surface area contributed by atoms with Crippen molar-refractivity contribution in [2.75, 3.05) is 13.1 Å². The molecule has 4 amide bonds. The summed E-state index contributed by atoms with van der Waals surface area (Å²) >= 11 is 0. The van der Waals surface area contributed by atoms with Gasteiger partial charge in [0, 0.05) is 19.0 Å². The first kappa shape index (κ1) is 33.1. The van der Waals surface area contributed by atoms with Gasteiger partial charge >= 0.3 is 0 Å². The second-order valence-corrected chi connectivity index (χ2v) is 10.8. The summed E-state index contributed by atoms with van der Waals surface area (Å²) < 4.78 is 0. The van der Waals surface area contributed by atoms with Crippen LogP contribution < -0.4 is 38.1 Å². The molecule has 1 unspecified atom stereocenters. The molecule has 0 aromatic rings. The average molecular weight is 541 g/mol. The molecule has 1 saturated heterocycles. The minimum Gasteiger partial charge on any atom is -0.376 e. The number of aliphatic imine (C=N–C) groups is 1. The zero-order valence-electron chi connectivity index (χ0n) is 23.6. The second kappa shape index (κ2) is 15.5. The molecule has 5 atom stereocenters. The van der Waals surface area contributed by atoms with Gasteiger partial charge in [-0.2, -0.15) is 0 Å². The van der Waals surface area contributed by atoms with E-state index in [1.54, 1.807) is 27.7 Å². The second-order valence-electron chi connectivity index (χ2n) is 10.8. The number of nitrogens with zero attached hydrogens (tertiary/aromatic N) is 1. The number of nitrogens with one attached hydrogen (secondary N) is 5. The number of guanidine groups is 1. The molecule has 1 aliphatic rings. The van der Waals surface area contributed by atoms with E-state index in [-0.39, 0.29) is 55.5 Å². The Kier molecular flexibility index (Phi) is 13.5. The number of amides is 4. The van der Waals surface area contributed by atoms with Crippen LogP contribution in [-0.2, 0) is 19.2 Å². The van der Waals surface area contributed by atoms with Crippen LogP contribution in [0.5, 0.6) is 0 Å². The first-order chi connectivity index (χ1) is 17.7. The topological polar surface area (TPSA) is 213 Å². The van der Waals surface area contributed by atoms with Crippen LogP contribution in [0.1, 0.15) is 73.6 Å². The fourth-order valence-corrected chi connectivity index (χ4v) is 4.04. The molecule has 13 nitrogen and oxygen atoms in total. The number of aliphatic hydroxyl groups is 1. The Hall–Kier alpha value is -2.93. The summed E-state index contributed by atoms with van der Waals surface area (Å²) in [6.45, 7) is 11.0.